The predicted molar refractivity (Wildman–Crippen MR) is 67.0 cm³/mol. The van der Waals surface area contributed by atoms with Crippen LogP contribution in [0.5, 0.6) is 0 Å². The molecule has 88 valence electrons. The number of nitrogens with one attached hydrogen (secondary N) is 1. The lowest BCUT2D eigenvalue weighted by molar-refractivity contribution is 0.187. The van der Waals surface area contributed by atoms with Gasteiger partial charge in [-0.05, 0) is 24.6 Å². The molecule has 0 aliphatic carbocycles. The third-order valence-electron chi connectivity index (χ3n) is 3.09. The lowest BCUT2D eigenvalue weighted by Gasteiger charge is -2.10. The van der Waals surface area contributed by atoms with Crippen molar-refractivity contribution >= 4 is 16.7 Å². The lowest BCUT2D eigenvalue weighted by Crippen LogP contribution is -2.13. The van der Waals surface area contributed by atoms with Crippen LogP contribution in [0.15, 0.2) is 30.6 Å². The van der Waals surface area contributed by atoms with Crippen LogP contribution in [0.4, 0.5) is 5.69 Å². The molecule has 0 bridgehead atoms. The molecule has 17 heavy (non-hydrogen) atoms. The third kappa shape index (κ3) is 2.36. The first-order chi connectivity index (χ1) is 8.42. The van der Waals surface area contributed by atoms with Gasteiger partial charge in [-0.15, -0.1) is 0 Å². The van der Waals surface area contributed by atoms with Gasteiger partial charge in [0.25, 0.3) is 0 Å². The quantitative estimate of drug-likeness (QED) is 0.875. The Hall–Kier alpha value is -1.68. The molecular weight excluding hydrogens is 214 g/mol. The molecule has 1 fully saturated rings. The fourth-order valence-corrected chi connectivity index (χ4v) is 2.08. The van der Waals surface area contributed by atoms with Crippen molar-refractivity contribution in [1.82, 2.24) is 9.97 Å². The number of fused-ring (bicyclic) bond motifs is 1. The maximum atomic E-state index is 5.35. The molecule has 2 aromatic rings. The summed E-state index contributed by atoms with van der Waals surface area (Å²) in [6.07, 6.45) is 4.59. The highest BCUT2D eigenvalue weighted by Gasteiger charge is 2.14. The summed E-state index contributed by atoms with van der Waals surface area (Å²) in [7, 11) is 0. The molecule has 4 nitrogen and oxygen atoms in total. The van der Waals surface area contributed by atoms with Crippen molar-refractivity contribution in [3.05, 3.63) is 30.6 Å². The summed E-state index contributed by atoms with van der Waals surface area (Å²) in [6.45, 7) is 2.74. The zero-order chi connectivity index (χ0) is 11.5. The highest BCUT2D eigenvalue weighted by molar-refractivity contribution is 5.78. The Labute approximate surface area is 100 Å². The average Bonchev–Trinajstić information content (AvgIpc) is 2.89. The van der Waals surface area contributed by atoms with Crippen molar-refractivity contribution < 1.29 is 4.74 Å². The lowest BCUT2D eigenvalue weighted by atomic mass is 10.1. The van der Waals surface area contributed by atoms with Crippen molar-refractivity contribution in [3.63, 3.8) is 0 Å². The van der Waals surface area contributed by atoms with Gasteiger partial charge in [0, 0.05) is 37.2 Å². The number of ether oxygens (including phenoxy) is 1. The Balaban J connectivity index is 1.72. The Morgan fingerprint density at radius 3 is 2.94 bits per heavy atom. The molecule has 0 spiro atoms. The van der Waals surface area contributed by atoms with Crippen molar-refractivity contribution in [2.45, 2.75) is 6.42 Å². The van der Waals surface area contributed by atoms with Gasteiger partial charge in [-0.25, -0.2) is 0 Å². The minimum atomic E-state index is 0.632. The fraction of sp³-hybridized carbons (Fsp3) is 0.385. The van der Waals surface area contributed by atoms with Gasteiger partial charge in [0.05, 0.1) is 17.6 Å². The van der Waals surface area contributed by atoms with E-state index in [1.807, 2.05) is 18.2 Å². The first kappa shape index (κ1) is 10.5. The number of nitrogens with zero attached hydrogens (tertiary/aromatic N) is 2. The van der Waals surface area contributed by atoms with Gasteiger partial charge in [-0.3, -0.25) is 9.97 Å². The highest BCUT2D eigenvalue weighted by Crippen LogP contribution is 2.17. The van der Waals surface area contributed by atoms with Crippen LogP contribution in [0, 0.1) is 5.92 Å². The van der Waals surface area contributed by atoms with E-state index in [2.05, 4.69) is 15.3 Å². The maximum Gasteiger partial charge on any atom is 0.0907 e. The summed E-state index contributed by atoms with van der Waals surface area (Å²) in [5.74, 6) is 0.632. The van der Waals surface area contributed by atoms with E-state index in [-0.39, 0.29) is 0 Å². The summed E-state index contributed by atoms with van der Waals surface area (Å²) < 4.78 is 5.35. The number of aromatic nitrogens is 2. The van der Waals surface area contributed by atoms with Crippen LogP contribution >= 0.6 is 0 Å². The standard InChI is InChI=1S/C13H15N3O/c1-2-12-13(15-5-4-14-12)7-11(1)16-8-10-3-6-17-9-10/h1-2,4-5,7,10,16H,3,6,8-9H2/t10-/m0/s1. The Kier molecular flexibility index (Phi) is 2.88. The summed E-state index contributed by atoms with van der Waals surface area (Å²) in [5, 5.41) is 3.43. The average molecular weight is 229 g/mol. The highest BCUT2D eigenvalue weighted by atomic mass is 16.5. The number of benzene rings is 1. The molecule has 1 aromatic heterocycles. The second-order valence-corrected chi connectivity index (χ2v) is 4.37. The minimum Gasteiger partial charge on any atom is -0.385 e. The van der Waals surface area contributed by atoms with E-state index in [9.17, 15) is 0 Å². The second kappa shape index (κ2) is 4.67. The van der Waals surface area contributed by atoms with Gasteiger partial charge >= 0.3 is 0 Å². The molecule has 1 aliphatic rings. The first-order valence-electron chi connectivity index (χ1n) is 5.94. The van der Waals surface area contributed by atoms with E-state index >= 15 is 0 Å². The smallest absolute Gasteiger partial charge is 0.0907 e. The molecule has 1 atom stereocenters. The second-order valence-electron chi connectivity index (χ2n) is 4.37. The topological polar surface area (TPSA) is 47.0 Å². The van der Waals surface area contributed by atoms with Crippen LogP contribution in [0.1, 0.15) is 6.42 Å². The molecule has 1 aliphatic heterocycles. The van der Waals surface area contributed by atoms with Crippen molar-refractivity contribution in [1.29, 1.82) is 0 Å². The molecule has 1 aromatic carbocycles. The summed E-state index contributed by atoms with van der Waals surface area (Å²) in [6, 6.07) is 6.08. The van der Waals surface area contributed by atoms with Crippen LogP contribution in [-0.4, -0.2) is 29.7 Å². The minimum absolute atomic E-state index is 0.632. The monoisotopic (exact) mass is 229 g/mol. The van der Waals surface area contributed by atoms with Gasteiger partial charge in [-0.2, -0.15) is 0 Å². The third-order valence-corrected chi connectivity index (χ3v) is 3.09. The summed E-state index contributed by atoms with van der Waals surface area (Å²) in [4.78, 5) is 8.54. The molecule has 0 unspecified atom stereocenters. The van der Waals surface area contributed by atoms with E-state index in [1.165, 1.54) is 0 Å². The molecule has 1 N–H and O–H groups in total. The summed E-state index contributed by atoms with van der Waals surface area (Å²) in [5.41, 5.74) is 2.97. The molecule has 3 rings (SSSR count). The molecule has 4 heteroatoms. The number of rotatable bonds is 3. The van der Waals surface area contributed by atoms with E-state index in [4.69, 9.17) is 4.74 Å². The normalized spacial score (nSPS) is 19.6. The molecular formula is C13H15N3O. The van der Waals surface area contributed by atoms with Crippen LogP contribution in [0.25, 0.3) is 11.0 Å². The Morgan fingerprint density at radius 2 is 2.12 bits per heavy atom. The number of hydrogen-bond acceptors (Lipinski definition) is 4. The molecule has 0 amide bonds. The molecule has 1 saturated heterocycles. The predicted octanol–water partition coefficient (Wildman–Crippen LogP) is 2.08. The van der Waals surface area contributed by atoms with E-state index < -0.39 is 0 Å². The van der Waals surface area contributed by atoms with E-state index in [0.29, 0.717) is 5.92 Å². The maximum absolute atomic E-state index is 5.35. The molecule has 0 radical (unpaired) electrons. The van der Waals surface area contributed by atoms with E-state index in [1.54, 1.807) is 12.4 Å². The summed E-state index contributed by atoms with van der Waals surface area (Å²) >= 11 is 0. The van der Waals surface area contributed by atoms with Crippen LogP contribution < -0.4 is 5.32 Å². The molecule has 0 saturated carbocycles. The van der Waals surface area contributed by atoms with Gasteiger partial charge in [0.1, 0.15) is 0 Å². The van der Waals surface area contributed by atoms with Gasteiger partial charge < -0.3 is 10.1 Å². The van der Waals surface area contributed by atoms with E-state index in [0.717, 1.165) is 42.9 Å². The Bertz CT molecular complexity index is 509. The van der Waals surface area contributed by atoms with Gasteiger partial charge in [0.15, 0.2) is 0 Å². The largest absolute Gasteiger partial charge is 0.385 e. The van der Waals surface area contributed by atoms with Gasteiger partial charge in [0.2, 0.25) is 0 Å². The number of hydrogen-bond donors (Lipinski definition) is 1. The van der Waals surface area contributed by atoms with Crippen molar-refractivity contribution in [3.8, 4) is 0 Å². The zero-order valence-electron chi connectivity index (χ0n) is 9.60. The van der Waals surface area contributed by atoms with Crippen LogP contribution in [-0.2, 0) is 4.74 Å². The molecule has 2 heterocycles. The number of anilines is 1. The van der Waals surface area contributed by atoms with Crippen molar-refractivity contribution in [2.75, 3.05) is 25.1 Å². The fourth-order valence-electron chi connectivity index (χ4n) is 2.08. The van der Waals surface area contributed by atoms with Crippen molar-refractivity contribution in [2.24, 2.45) is 5.92 Å². The van der Waals surface area contributed by atoms with Crippen LogP contribution in [0.3, 0.4) is 0 Å². The zero-order valence-corrected chi connectivity index (χ0v) is 9.60. The SMILES string of the molecule is c1cnc2cc(NC[C@@H]3CCOC3)ccc2n1. The van der Waals surface area contributed by atoms with Crippen LogP contribution in [0.2, 0.25) is 0 Å². The van der Waals surface area contributed by atoms with Gasteiger partial charge in [-0.1, -0.05) is 0 Å². The Morgan fingerprint density at radius 1 is 1.24 bits per heavy atom. The first-order valence-corrected chi connectivity index (χ1v) is 5.94.